The molecule has 0 aromatic heterocycles. The van der Waals surface area contributed by atoms with Crippen molar-refractivity contribution in [3.8, 4) is 0 Å². The van der Waals surface area contributed by atoms with Crippen molar-refractivity contribution >= 4 is 34.8 Å². The number of halogens is 4. The summed E-state index contributed by atoms with van der Waals surface area (Å²) in [5.41, 5.74) is -0.814. The third kappa shape index (κ3) is 3.99. The van der Waals surface area contributed by atoms with E-state index in [-0.39, 0.29) is 15.6 Å². The lowest BCUT2D eigenvalue weighted by Gasteiger charge is -2.11. The van der Waals surface area contributed by atoms with Crippen LogP contribution < -0.4 is 5.32 Å². The molecule has 0 spiro atoms. The highest BCUT2D eigenvalue weighted by molar-refractivity contribution is 6.43. The fourth-order valence-electron chi connectivity index (χ4n) is 1.23. The van der Waals surface area contributed by atoms with E-state index in [0.717, 1.165) is 12.1 Å². The van der Waals surface area contributed by atoms with E-state index in [1.54, 1.807) is 0 Å². The molecule has 1 unspecified atom stereocenters. The van der Waals surface area contributed by atoms with Crippen LogP contribution in [0.3, 0.4) is 0 Å². The van der Waals surface area contributed by atoms with Crippen molar-refractivity contribution < 1.29 is 23.6 Å². The number of benzene rings is 1. The molecule has 0 fully saturated rings. The van der Waals surface area contributed by atoms with E-state index in [4.69, 9.17) is 28.3 Å². The zero-order chi connectivity index (χ0) is 15.4. The number of aliphatic hydroxyl groups is 1. The summed E-state index contributed by atoms with van der Waals surface area (Å²) in [4.78, 5) is 21.5. The summed E-state index contributed by atoms with van der Waals surface area (Å²) in [6.07, 6.45) is -5.05. The molecule has 0 aliphatic carbocycles. The first-order valence-electron chi connectivity index (χ1n) is 5.12. The monoisotopic (exact) mass is 328 g/mol. The average Bonchev–Trinajstić information content (AvgIpc) is 2.37. The Balaban J connectivity index is 2.91. The lowest BCUT2D eigenvalue weighted by molar-refractivity contribution is -0.384. The molecule has 0 radical (unpaired) electrons. The van der Waals surface area contributed by atoms with Gasteiger partial charge in [0, 0.05) is 18.2 Å². The number of hydrogen-bond acceptors (Lipinski definition) is 4. The lowest BCUT2D eigenvalue weighted by Crippen LogP contribution is -2.35. The van der Waals surface area contributed by atoms with Crippen molar-refractivity contribution in [1.29, 1.82) is 0 Å². The van der Waals surface area contributed by atoms with Gasteiger partial charge in [-0.25, -0.2) is 8.78 Å². The second-order valence-corrected chi connectivity index (χ2v) is 4.45. The Bertz CT molecular complexity index is 542. The smallest absolute Gasteiger partial charge is 0.290 e. The van der Waals surface area contributed by atoms with E-state index < -0.39 is 35.6 Å². The summed E-state index contributed by atoms with van der Waals surface area (Å²) in [5, 5.41) is 21.0. The van der Waals surface area contributed by atoms with Crippen molar-refractivity contribution in [3.63, 3.8) is 0 Å². The SMILES string of the molecule is O=C(NCC(O)C(F)F)c1cc(Cl)c(Cl)c([N+](=O)[O-])c1. The number of carbonyl (C=O) groups is 1. The fraction of sp³-hybridized carbons (Fsp3) is 0.300. The number of alkyl halides is 2. The van der Waals surface area contributed by atoms with Crippen LogP contribution in [0.5, 0.6) is 0 Å². The van der Waals surface area contributed by atoms with Crippen LogP contribution in [-0.4, -0.2) is 35.0 Å². The Kier molecular flexibility index (Phi) is 5.61. The molecule has 0 aliphatic rings. The largest absolute Gasteiger partial charge is 0.385 e. The number of carbonyl (C=O) groups excluding carboxylic acids is 1. The molecule has 0 aliphatic heterocycles. The van der Waals surface area contributed by atoms with E-state index in [1.807, 2.05) is 5.32 Å². The molecule has 1 aromatic rings. The summed E-state index contributed by atoms with van der Waals surface area (Å²) in [7, 11) is 0. The second kappa shape index (κ2) is 6.78. The highest BCUT2D eigenvalue weighted by Gasteiger charge is 2.22. The zero-order valence-corrected chi connectivity index (χ0v) is 11.2. The number of nitrogens with zero attached hydrogens (tertiary/aromatic N) is 1. The van der Waals surface area contributed by atoms with Gasteiger partial charge in [0.05, 0.1) is 9.95 Å². The molecule has 0 saturated heterocycles. The molecular formula is C10H8Cl2F2N2O4. The molecule has 20 heavy (non-hydrogen) atoms. The van der Waals surface area contributed by atoms with Gasteiger partial charge >= 0.3 is 0 Å². The average molecular weight is 329 g/mol. The minimum absolute atomic E-state index is 0.222. The maximum Gasteiger partial charge on any atom is 0.290 e. The van der Waals surface area contributed by atoms with Crippen molar-refractivity contribution in [2.45, 2.75) is 12.5 Å². The van der Waals surface area contributed by atoms with Gasteiger partial charge in [-0.3, -0.25) is 14.9 Å². The van der Waals surface area contributed by atoms with Crippen molar-refractivity contribution in [2.75, 3.05) is 6.54 Å². The molecule has 1 atom stereocenters. The maximum absolute atomic E-state index is 12.0. The van der Waals surface area contributed by atoms with Gasteiger partial charge in [-0.2, -0.15) is 0 Å². The van der Waals surface area contributed by atoms with Gasteiger partial charge < -0.3 is 10.4 Å². The van der Waals surface area contributed by atoms with Crippen molar-refractivity contribution in [1.82, 2.24) is 5.32 Å². The van der Waals surface area contributed by atoms with Gasteiger partial charge in [0.15, 0.2) is 0 Å². The zero-order valence-electron chi connectivity index (χ0n) is 9.65. The number of rotatable bonds is 5. The Morgan fingerprint density at radius 2 is 2.05 bits per heavy atom. The molecular weight excluding hydrogens is 321 g/mol. The Morgan fingerprint density at radius 3 is 2.55 bits per heavy atom. The summed E-state index contributed by atoms with van der Waals surface area (Å²) < 4.78 is 24.1. The molecule has 1 aromatic carbocycles. The molecule has 110 valence electrons. The quantitative estimate of drug-likeness (QED) is 0.640. The van der Waals surface area contributed by atoms with Crippen LogP contribution in [0, 0.1) is 10.1 Å². The molecule has 1 amide bonds. The molecule has 0 saturated carbocycles. The lowest BCUT2D eigenvalue weighted by atomic mass is 10.2. The third-order valence-electron chi connectivity index (χ3n) is 2.23. The summed E-state index contributed by atoms with van der Waals surface area (Å²) in [6, 6.07) is 1.92. The highest BCUT2D eigenvalue weighted by Crippen LogP contribution is 2.32. The first-order valence-corrected chi connectivity index (χ1v) is 5.87. The van der Waals surface area contributed by atoms with Crippen LogP contribution in [-0.2, 0) is 0 Å². The van der Waals surface area contributed by atoms with Crippen LogP contribution in [0.2, 0.25) is 10.0 Å². The van der Waals surface area contributed by atoms with Gasteiger partial charge in [-0.05, 0) is 6.07 Å². The number of nitro benzene ring substituents is 1. The minimum Gasteiger partial charge on any atom is -0.385 e. The molecule has 0 bridgehead atoms. The summed E-state index contributed by atoms with van der Waals surface area (Å²) >= 11 is 11.2. The van der Waals surface area contributed by atoms with Gasteiger partial charge in [0.25, 0.3) is 18.0 Å². The fourth-order valence-corrected chi connectivity index (χ4v) is 1.62. The molecule has 6 nitrogen and oxygen atoms in total. The number of aliphatic hydroxyl groups excluding tert-OH is 1. The van der Waals surface area contributed by atoms with Gasteiger partial charge in [-0.1, -0.05) is 23.2 Å². The number of hydrogen-bond donors (Lipinski definition) is 2. The van der Waals surface area contributed by atoms with E-state index in [1.165, 1.54) is 0 Å². The van der Waals surface area contributed by atoms with Crippen molar-refractivity contribution in [3.05, 3.63) is 37.9 Å². The van der Waals surface area contributed by atoms with E-state index in [9.17, 15) is 23.7 Å². The van der Waals surface area contributed by atoms with Gasteiger partial charge in [0.1, 0.15) is 11.1 Å². The summed E-state index contributed by atoms with van der Waals surface area (Å²) in [5.74, 6) is -0.897. The van der Waals surface area contributed by atoms with Gasteiger partial charge in [0.2, 0.25) is 0 Å². The minimum atomic E-state index is -3.02. The van der Waals surface area contributed by atoms with E-state index in [2.05, 4.69) is 0 Å². The third-order valence-corrected chi connectivity index (χ3v) is 3.02. The van der Waals surface area contributed by atoms with Gasteiger partial charge in [-0.15, -0.1) is 0 Å². The van der Waals surface area contributed by atoms with Crippen LogP contribution in [0.15, 0.2) is 12.1 Å². The Labute approximate surface area is 121 Å². The highest BCUT2D eigenvalue weighted by atomic mass is 35.5. The first kappa shape index (κ1) is 16.5. The van der Waals surface area contributed by atoms with Crippen molar-refractivity contribution in [2.24, 2.45) is 0 Å². The standard InChI is InChI=1S/C10H8Cl2F2N2O4/c11-5-1-4(2-6(8(5)12)16(19)20)10(18)15-3-7(17)9(13)14/h1-2,7,9,17H,3H2,(H,15,18). The van der Waals surface area contributed by atoms with Crippen LogP contribution in [0.25, 0.3) is 0 Å². The maximum atomic E-state index is 12.0. The van der Waals surface area contributed by atoms with Crippen LogP contribution in [0.4, 0.5) is 14.5 Å². The number of nitro groups is 1. The normalized spacial score (nSPS) is 12.3. The van der Waals surface area contributed by atoms with E-state index >= 15 is 0 Å². The van der Waals surface area contributed by atoms with Crippen LogP contribution in [0.1, 0.15) is 10.4 Å². The molecule has 2 N–H and O–H groups in total. The molecule has 0 heterocycles. The summed E-state index contributed by atoms with van der Waals surface area (Å²) in [6.45, 7) is -0.704. The van der Waals surface area contributed by atoms with Crippen LogP contribution >= 0.6 is 23.2 Å². The predicted octanol–water partition coefficient (Wildman–Crippen LogP) is 2.26. The molecule has 1 rings (SSSR count). The van der Waals surface area contributed by atoms with E-state index in [0.29, 0.717) is 0 Å². The topological polar surface area (TPSA) is 92.5 Å². The second-order valence-electron chi connectivity index (χ2n) is 3.66. The first-order chi connectivity index (χ1) is 9.23. The number of amides is 1. The predicted molar refractivity (Wildman–Crippen MR) is 67.5 cm³/mol. The molecule has 10 heteroatoms. The Morgan fingerprint density at radius 1 is 1.45 bits per heavy atom. The Hall–Kier alpha value is -1.51. The number of nitrogens with one attached hydrogen (secondary N) is 1.